The second-order valence-electron chi connectivity index (χ2n) is 6.10. The largest absolute Gasteiger partial charge is 0.593 e. The van der Waals surface area contributed by atoms with Gasteiger partial charge in [0, 0.05) is 5.56 Å². The molecule has 1 N–H and O–H groups in total. The van der Waals surface area contributed by atoms with Crippen LogP contribution in [0.3, 0.4) is 0 Å². The first kappa shape index (κ1) is 13.3. The number of hydrogen-bond acceptors (Lipinski definition) is 4. The first-order valence-corrected chi connectivity index (χ1v) is 7.74. The minimum Gasteiger partial charge on any atom is -0.593 e. The smallest absolute Gasteiger partial charge is 0.494 e. The van der Waals surface area contributed by atoms with Crippen molar-refractivity contribution in [3.63, 3.8) is 0 Å². The Morgan fingerprint density at radius 3 is 2.47 bits per heavy atom. The van der Waals surface area contributed by atoms with Crippen LogP contribution in [0.1, 0.15) is 33.3 Å². The van der Waals surface area contributed by atoms with Crippen LogP contribution < -0.4 is 10.2 Å². The molecule has 0 spiro atoms. The molecule has 2 heterocycles. The van der Waals surface area contributed by atoms with Gasteiger partial charge < -0.3 is 13.9 Å². The molecule has 0 amide bonds. The molecular formula is C13H18BNO3S. The van der Waals surface area contributed by atoms with Crippen LogP contribution in [0.4, 0.5) is 5.69 Å². The minimum absolute atomic E-state index is 0.336. The summed E-state index contributed by atoms with van der Waals surface area (Å²) in [4.78, 5) is 0. The van der Waals surface area contributed by atoms with Gasteiger partial charge in [0.15, 0.2) is 5.75 Å². The lowest BCUT2D eigenvalue weighted by Crippen LogP contribution is -2.41. The molecule has 0 aromatic heterocycles. The second-order valence-corrected chi connectivity index (χ2v) is 7.28. The Morgan fingerprint density at radius 1 is 1.21 bits per heavy atom. The Hall–Kier alpha value is -0.685. The van der Waals surface area contributed by atoms with Gasteiger partial charge in [-0.3, -0.25) is 0 Å². The molecule has 1 aromatic carbocycles. The molecule has 0 aliphatic carbocycles. The average molecular weight is 279 g/mol. The fraction of sp³-hybridized carbons (Fsp3) is 0.538. The van der Waals surface area contributed by atoms with Crippen LogP contribution in [0.5, 0.6) is 0 Å². The monoisotopic (exact) mass is 279 g/mol. The van der Waals surface area contributed by atoms with Gasteiger partial charge in [-0.05, 0) is 39.2 Å². The fourth-order valence-electron chi connectivity index (χ4n) is 2.26. The Balaban J connectivity index is 1.88. The van der Waals surface area contributed by atoms with E-state index in [9.17, 15) is 4.55 Å². The molecule has 1 saturated heterocycles. The number of rotatable bonds is 1. The van der Waals surface area contributed by atoms with Gasteiger partial charge in [-0.1, -0.05) is 12.1 Å². The van der Waals surface area contributed by atoms with E-state index in [1.165, 1.54) is 0 Å². The Bertz CT molecular complexity index is 505. The molecule has 1 fully saturated rings. The zero-order chi connectivity index (χ0) is 13.8. The van der Waals surface area contributed by atoms with Crippen LogP contribution >= 0.6 is 0 Å². The molecule has 19 heavy (non-hydrogen) atoms. The van der Waals surface area contributed by atoms with Crippen molar-refractivity contribution >= 4 is 29.6 Å². The van der Waals surface area contributed by atoms with Crippen molar-refractivity contribution in [1.29, 1.82) is 0 Å². The molecule has 0 bridgehead atoms. The summed E-state index contributed by atoms with van der Waals surface area (Å²) in [6.45, 7) is 8.15. The van der Waals surface area contributed by atoms with Gasteiger partial charge in [0.05, 0.1) is 28.3 Å². The van der Waals surface area contributed by atoms with Gasteiger partial charge in [0.25, 0.3) is 0 Å². The van der Waals surface area contributed by atoms with Crippen molar-refractivity contribution in [2.24, 2.45) is 0 Å². The third-order valence-electron chi connectivity index (χ3n) is 4.17. The molecule has 0 radical (unpaired) electrons. The zero-order valence-electron chi connectivity index (χ0n) is 11.6. The van der Waals surface area contributed by atoms with Gasteiger partial charge in [0.1, 0.15) is 0 Å². The van der Waals surface area contributed by atoms with E-state index in [2.05, 4.69) is 4.72 Å². The summed E-state index contributed by atoms with van der Waals surface area (Å²) >= 11 is -0.991. The van der Waals surface area contributed by atoms with Crippen LogP contribution in [0.2, 0.25) is 0 Å². The number of anilines is 1. The average Bonchev–Trinajstić information content (AvgIpc) is 2.74. The zero-order valence-corrected chi connectivity index (χ0v) is 12.5. The summed E-state index contributed by atoms with van der Waals surface area (Å²) in [5, 5.41) is 0. The van der Waals surface area contributed by atoms with Gasteiger partial charge in [0.2, 0.25) is 0 Å². The highest BCUT2D eigenvalue weighted by atomic mass is 32.2. The first-order chi connectivity index (χ1) is 8.78. The lowest BCUT2D eigenvalue weighted by atomic mass is 9.78. The highest BCUT2D eigenvalue weighted by Crippen LogP contribution is 2.37. The second kappa shape index (κ2) is 4.15. The van der Waals surface area contributed by atoms with Gasteiger partial charge in [-0.25, -0.2) is 4.72 Å². The minimum atomic E-state index is -0.991. The van der Waals surface area contributed by atoms with Crippen LogP contribution in [0.15, 0.2) is 18.2 Å². The molecule has 1 aromatic rings. The molecule has 0 saturated carbocycles. The maximum Gasteiger partial charge on any atom is 0.494 e. The molecular weight excluding hydrogens is 261 g/mol. The summed E-state index contributed by atoms with van der Waals surface area (Å²) in [6.07, 6.45) is 0. The van der Waals surface area contributed by atoms with E-state index in [0.717, 1.165) is 16.7 Å². The van der Waals surface area contributed by atoms with Gasteiger partial charge >= 0.3 is 7.12 Å². The molecule has 3 rings (SSSR count). The summed E-state index contributed by atoms with van der Waals surface area (Å²) in [6, 6.07) is 5.94. The topological polar surface area (TPSA) is 53.5 Å². The third kappa shape index (κ3) is 2.16. The van der Waals surface area contributed by atoms with Crippen molar-refractivity contribution in [3.05, 3.63) is 23.8 Å². The lowest BCUT2D eigenvalue weighted by Gasteiger charge is -2.32. The van der Waals surface area contributed by atoms with Crippen molar-refractivity contribution < 1.29 is 13.9 Å². The van der Waals surface area contributed by atoms with Crippen molar-refractivity contribution in [2.75, 3.05) is 4.72 Å². The number of benzene rings is 1. The fourth-order valence-corrected chi connectivity index (χ4v) is 3.30. The quantitative estimate of drug-likeness (QED) is 0.626. The van der Waals surface area contributed by atoms with E-state index in [0.29, 0.717) is 5.75 Å². The van der Waals surface area contributed by atoms with Crippen LogP contribution in [0, 0.1) is 0 Å². The first-order valence-electron chi connectivity index (χ1n) is 6.42. The summed E-state index contributed by atoms with van der Waals surface area (Å²) in [5.74, 6) is 0.544. The Kier molecular flexibility index (Phi) is 2.91. The summed E-state index contributed by atoms with van der Waals surface area (Å²) in [5.41, 5.74) is 2.32. The maximum absolute atomic E-state index is 11.5. The number of nitrogens with one attached hydrogen (secondary N) is 1. The number of fused-ring (bicyclic) bond motifs is 1. The van der Waals surface area contributed by atoms with E-state index >= 15 is 0 Å². The van der Waals surface area contributed by atoms with Crippen molar-refractivity contribution in [1.82, 2.24) is 0 Å². The normalized spacial score (nSPS) is 27.2. The van der Waals surface area contributed by atoms with Crippen LogP contribution in [-0.4, -0.2) is 22.9 Å². The van der Waals surface area contributed by atoms with E-state index in [-0.39, 0.29) is 18.3 Å². The SMILES string of the molecule is CC1(C)OB(c2ccc3c(c2)C[S+]([O-])N3)OC1(C)C. The number of hydrogen-bond donors (Lipinski definition) is 1. The van der Waals surface area contributed by atoms with E-state index in [4.69, 9.17) is 9.31 Å². The lowest BCUT2D eigenvalue weighted by molar-refractivity contribution is 0.00578. The third-order valence-corrected chi connectivity index (χ3v) is 5.19. The van der Waals surface area contributed by atoms with Crippen molar-refractivity contribution in [2.45, 2.75) is 44.6 Å². The predicted octanol–water partition coefficient (Wildman–Crippen LogP) is 1.57. The molecule has 2 aliphatic heterocycles. The van der Waals surface area contributed by atoms with E-state index in [1.807, 2.05) is 45.9 Å². The summed E-state index contributed by atoms with van der Waals surface area (Å²) < 4.78 is 26.5. The van der Waals surface area contributed by atoms with Crippen molar-refractivity contribution in [3.8, 4) is 0 Å². The highest BCUT2D eigenvalue weighted by Gasteiger charge is 2.51. The summed E-state index contributed by atoms with van der Waals surface area (Å²) in [7, 11) is -0.357. The standard InChI is InChI=1S/C13H18BNO3S/c1-12(2)13(3,4)18-14(17-12)10-5-6-11-9(7-10)8-19(16)15-11/h5-7,15H,8H2,1-4H3. The van der Waals surface area contributed by atoms with Crippen LogP contribution in [-0.2, 0) is 26.4 Å². The Labute approximate surface area is 117 Å². The van der Waals surface area contributed by atoms with E-state index < -0.39 is 11.4 Å². The molecule has 102 valence electrons. The molecule has 1 unspecified atom stereocenters. The van der Waals surface area contributed by atoms with Gasteiger partial charge in [-0.15, -0.1) is 0 Å². The molecule has 1 atom stereocenters. The van der Waals surface area contributed by atoms with E-state index in [1.54, 1.807) is 0 Å². The highest BCUT2D eigenvalue weighted by molar-refractivity contribution is 7.92. The predicted molar refractivity (Wildman–Crippen MR) is 77.6 cm³/mol. The molecule has 2 aliphatic rings. The van der Waals surface area contributed by atoms with Crippen LogP contribution in [0.25, 0.3) is 0 Å². The Morgan fingerprint density at radius 2 is 1.84 bits per heavy atom. The maximum atomic E-state index is 11.5. The molecule has 6 heteroatoms. The van der Waals surface area contributed by atoms with Gasteiger partial charge in [-0.2, -0.15) is 0 Å². The molecule has 4 nitrogen and oxygen atoms in total.